The predicted molar refractivity (Wildman–Crippen MR) is 43.0 cm³/mol. The van der Waals surface area contributed by atoms with Gasteiger partial charge in [0.25, 0.3) is 0 Å². The third-order valence-corrected chi connectivity index (χ3v) is 1.67. The van der Waals surface area contributed by atoms with E-state index >= 15 is 0 Å². The average Bonchev–Trinajstić information content (AvgIpc) is 1.82. The molecule has 0 bridgehead atoms. The molecule has 11 heavy (non-hydrogen) atoms. The molecule has 0 aromatic rings. The van der Waals surface area contributed by atoms with E-state index in [2.05, 4.69) is 0 Å². The molecular weight excluding hydrogens is 144 g/mol. The minimum Gasteiger partial charge on any atom is -0.480 e. The summed E-state index contributed by atoms with van der Waals surface area (Å²) in [6.45, 7) is 5.58. The van der Waals surface area contributed by atoms with Crippen LogP contribution in [-0.4, -0.2) is 23.2 Å². The van der Waals surface area contributed by atoms with Crippen LogP contribution in [0.1, 0.15) is 20.8 Å². The van der Waals surface area contributed by atoms with Crippen molar-refractivity contribution in [3.05, 3.63) is 0 Å². The van der Waals surface area contributed by atoms with Crippen molar-refractivity contribution in [2.75, 3.05) is 0 Å². The molecule has 0 fully saturated rings. The lowest BCUT2D eigenvalue weighted by Crippen LogP contribution is -2.53. The molecule has 0 rings (SSSR count). The van der Waals surface area contributed by atoms with Gasteiger partial charge >= 0.3 is 5.97 Å². The Morgan fingerprint density at radius 2 is 1.73 bits per heavy atom. The van der Waals surface area contributed by atoms with Crippen molar-refractivity contribution in [1.82, 2.24) is 0 Å². The van der Waals surface area contributed by atoms with Crippen LogP contribution >= 0.6 is 0 Å². The fourth-order valence-electron chi connectivity index (χ4n) is 0.692. The molecule has 4 heteroatoms. The van der Waals surface area contributed by atoms with E-state index in [1.807, 2.05) is 20.8 Å². The predicted octanol–water partition coefficient (Wildman–Crippen LogP) is -0.228. The Hall–Kier alpha value is -0.610. The van der Waals surface area contributed by atoms with Crippen LogP contribution in [0.25, 0.3) is 0 Å². The van der Waals surface area contributed by atoms with Crippen molar-refractivity contribution in [3.8, 4) is 0 Å². The van der Waals surface area contributed by atoms with Gasteiger partial charge in [0.1, 0.15) is 6.04 Å². The maximum Gasteiger partial charge on any atom is 0.322 e. The van der Waals surface area contributed by atoms with Crippen LogP contribution in [0.3, 0.4) is 0 Å². The standard InChI is InChI=1S/C7H16N2O2/c1-7(2,3)5(9)4(8)6(10)11/h4-5H,8-9H2,1-3H3,(H,10,11)/t4-,5-/m0/s1. The molecule has 0 aromatic carbocycles. The third-order valence-electron chi connectivity index (χ3n) is 1.67. The van der Waals surface area contributed by atoms with Gasteiger partial charge in [-0.15, -0.1) is 0 Å². The number of carboxylic acids is 1. The van der Waals surface area contributed by atoms with Crippen molar-refractivity contribution in [3.63, 3.8) is 0 Å². The molecule has 0 saturated heterocycles. The molecule has 0 spiro atoms. The number of hydrogen-bond donors (Lipinski definition) is 3. The van der Waals surface area contributed by atoms with E-state index in [1.54, 1.807) is 0 Å². The number of nitrogens with two attached hydrogens (primary N) is 2. The smallest absolute Gasteiger partial charge is 0.322 e. The van der Waals surface area contributed by atoms with Gasteiger partial charge in [0.2, 0.25) is 0 Å². The molecule has 4 nitrogen and oxygen atoms in total. The summed E-state index contributed by atoms with van der Waals surface area (Å²) in [5.74, 6) is -1.05. The lowest BCUT2D eigenvalue weighted by atomic mass is 9.83. The molecule has 0 unspecified atom stereocenters. The van der Waals surface area contributed by atoms with Gasteiger partial charge in [-0.3, -0.25) is 4.79 Å². The molecule has 0 aromatic heterocycles. The van der Waals surface area contributed by atoms with Crippen molar-refractivity contribution in [1.29, 1.82) is 0 Å². The van der Waals surface area contributed by atoms with Crippen molar-refractivity contribution in [2.45, 2.75) is 32.9 Å². The zero-order valence-electron chi connectivity index (χ0n) is 7.16. The van der Waals surface area contributed by atoms with Gasteiger partial charge in [0.15, 0.2) is 0 Å². The summed E-state index contributed by atoms with van der Waals surface area (Å²) in [7, 11) is 0. The van der Waals surface area contributed by atoms with E-state index in [9.17, 15) is 4.79 Å². The molecule has 5 N–H and O–H groups in total. The highest BCUT2D eigenvalue weighted by Crippen LogP contribution is 2.18. The Morgan fingerprint density at radius 3 is 1.82 bits per heavy atom. The van der Waals surface area contributed by atoms with E-state index in [-0.39, 0.29) is 5.41 Å². The van der Waals surface area contributed by atoms with Gasteiger partial charge < -0.3 is 16.6 Å². The van der Waals surface area contributed by atoms with Crippen LogP contribution in [0.2, 0.25) is 0 Å². The minimum atomic E-state index is -1.05. The van der Waals surface area contributed by atoms with Gasteiger partial charge in [-0.1, -0.05) is 20.8 Å². The van der Waals surface area contributed by atoms with Crippen LogP contribution in [0.4, 0.5) is 0 Å². The van der Waals surface area contributed by atoms with Crippen LogP contribution in [0.15, 0.2) is 0 Å². The van der Waals surface area contributed by atoms with E-state index in [4.69, 9.17) is 16.6 Å². The Labute approximate surface area is 66.6 Å². The first-order valence-electron chi connectivity index (χ1n) is 3.51. The lowest BCUT2D eigenvalue weighted by molar-refractivity contribution is -0.139. The Morgan fingerprint density at radius 1 is 1.36 bits per heavy atom. The molecule has 0 aliphatic carbocycles. The Bertz CT molecular complexity index is 151. The summed E-state index contributed by atoms with van der Waals surface area (Å²) in [5, 5.41) is 8.51. The van der Waals surface area contributed by atoms with Crippen molar-refractivity contribution in [2.24, 2.45) is 16.9 Å². The van der Waals surface area contributed by atoms with Crippen LogP contribution in [-0.2, 0) is 4.79 Å². The molecule has 66 valence electrons. The van der Waals surface area contributed by atoms with Gasteiger partial charge in [0, 0.05) is 6.04 Å². The van der Waals surface area contributed by atoms with Gasteiger partial charge in [-0.25, -0.2) is 0 Å². The highest BCUT2D eigenvalue weighted by atomic mass is 16.4. The maximum atomic E-state index is 10.4. The van der Waals surface area contributed by atoms with Crippen LogP contribution < -0.4 is 11.5 Å². The fraction of sp³-hybridized carbons (Fsp3) is 0.857. The number of carbonyl (C=O) groups is 1. The number of rotatable bonds is 2. The van der Waals surface area contributed by atoms with E-state index in [1.165, 1.54) is 0 Å². The molecule has 0 saturated carbocycles. The molecule has 2 atom stereocenters. The van der Waals surface area contributed by atoms with Crippen molar-refractivity contribution < 1.29 is 9.90 Å². The lowest BCUT2D eigenvalue weighted by Gasteiger charge is -2.29. The molecule has 0 aliphatic rings. The summed E-state index contributed by atoms with van der Waals surface area (Å²) in [6, 6.07) is -1.49. The summed E-state index contributed by atoms with van der Waals surface area (Å²) in [4.78, 5) is 10.4. The summed E-state index contributed by atoms with van der Waals surface area (Å²) < 4.78 is 0. The average molecular weight is 160 g/mol. The fourth-order valence-corrected chi connectivity index (χ4v) is 0.692. The zero-order valence-corrected chi connectivity index (χ0v) is 7.16. The SMILES string of the molecule is CC(C)(C)[C@@H](N)[C@H](N)C(=O)O. The van der Waals surface area contributed by atoms with Gasteiger partial charge in [0.05, 0.1) is 0 Å². The van der Waals surface area contributed by atoms with E-state index < -0.39 is 18.1 Å². The summed E-state index contributed by atoms with van der Waals surface area (Å²) >= 11 is 0. The highest BCUT2D eigenvalue weighted by molar-refractivity contribution is 5.74. The summed E-state index contributed by atoms with van der Waals surface area (Å²) in [5.41, 5.74) is 10.6. The van der Waals surface area contributed by atoms with Gasteiger partial charge in [-0.2, -0.15) is 0 Å². The topological polar surface area (TPSA) is 89.3 Å². The second kappa shape index (κ2) is 3.19. The molecule has 0 aliphatic heterocycles. The van der Waals surface area contributed by atoms with Gasteiger partial charge in [-0.05, 0) is 5.41 Å². The molecule has 0 radical (unpaired) electrons. The minimum absolute atomic E-state index is 0.266. The number of aliphatic carboxylic acids is 1. The quantitative estimate of drug-likeness (QED) is 0.520. The highest BCUT2D eigenvalue weighted by Gasteiger charge is 2.30. The molecule has 0 amide bonds. The van der Waals surface area contributed by atoms with E-state index in [0.29, 0.717) is 0 Å². The molecular formula is C7H16N2O2. The zero-order chi connectivity index (χ0) is 9.23. The largest absolute Gasteiger partial charge is 0.480 e. The van der Waals surface area contributed by atoms with Crippen molar-refractivity contribution >= 4 is 5.97 Å². The first-order valence-corrected chi connectivity index (χ1v) is 3.51. The normalized spacial score (nSPS) is 17.5. The van der Waals surface area contributed by atoms with Crippen LogP contribution in [0.5, 0.6) is 0 Å². The first-order chi connectivity index (χ1) is 4.76. The number of carboxylic acid groups (broad SMARTS) is 1. The maximum absolute atomic E-state index is 10.4. The Kier molecular flexibility index (Phi) is 3.02. The molecule has 0 heterocycles. The summed E-state index contributed by atoms with van der Waals surface area (Å²) in [6.07, 6.45) is 0. The number of hydrogen-bond acceptors (Lipinski definition) is 3. The van der Waals surface area contributed by atoms with Crippen LogP contribution in [0, 0.1) is 5.41 Å². The monoisotopic (exact) mass is 160 g/mol. The second-order valence-corrected chi connectivity index (χ2v) is 3.76. The second-order valence-electron chi connectivity index (χ2n) is 3.76. The first kappa shape index (κ1) is 10.4. The van der Waals surface area contributed by atoms with E-state index in [0.717, 1.165) is 0 Å². The Balaban J connectivity index is 4.25. The third kappa shape index (κ3) is 2.86.